The second-order valence-corrected chi connectivity index (χ2v) is 4.20. The van der Waals surface area contributed by atoms with Crippen molar-refractivity contribution in [2.45, 2.75) is 25.4 Å². The fraction of sp³-hybridized carbons (Fsp3) is 0.600. The molecule has 0 saturated heterocycles. The zero-order valence-corrected chi connectivity index (χ0v) is 8.78. The van der Waals surface area contributed by atoms with Crippen molar-refractivity contribution in [3.05, 3.63) is 24.0 Å². The number of rotatable bonds is 4. The van der Waals surface area contributed by atoms with E-state index < -0.39 is 12.7 Å². The van der Waals surface area contributed by atoms with Gasteiger partial charge in [0.2, 0.25) is 0 Å². The van der Waals surface area contributed by atoms with Crippen LogP contribution in [0.4, 0.5) is 13.2 Å². The van der Waals surface area contributed by atoms with Gasteiger partial charge in [0.25, 0.3) is 0 Å². The number of H-pyrrole nitrogens is 1. The molecule has 1 rings (SSSR count). The van der Waals surface area contributed by atoms with E-state index >= 15 is 0 Å². The second kappa shape index (κ2) is 4.26. The predicted molar refractivity (Wildman–Crippen MR) is 52.7 cm³/mol. The Morgan fingerprint density at radius 2 is 1.93 bits per heavy atom. The summed E-state index contributed by atoms with van der Waals surface area (Å²) in [4.78, 5) is 2.89. The first kappa shape index (κ1) is 12.1. The average molecular weight is 220 g/mol. The minimum absolute atomic E-state index is 0.296. The lowest BCUT2D eigenvalue weighted by molar-refractivity contribution is -0.125. The SMILES string of the molecule is CC(C)(CNCC(F)(F)F)c1cc[nH]c1. The zero-order valence-electron chi connectivity index (χ0n) is 8.78. The lowest BCUT2D eigenvalue weighted by Crippen LogP contribution is -2.38. The lowest BCUT2D eigenvalue weighted by Gasteiger charge is -2.24. The quantitative estimate of drug-likeness (QED) is 0.801. The molecule has 0 aliphatic rings. The molecule has 1 heterocycles. The summed E-state index contributed by atoms with van der Waals surface area (Å²) in [5.41, 5.74) is 0.697. The highest BCUT2D eigenvalue weighted by atomic mass is 19.4. The van der Waals surface area contributed by atoms with Gasteiger partial charge in [-0.3, -0.25) is 0 Å². The Hall–Kier alpha value is -0.970. The summed E-state index contributed by atoms with van der Waals surface area (Å²) >= 11 is 0. The fourth-order valence-corrected chi connectivity index (χ4v) is 1.36. The van der Waals surface area contributed by atoms with Crippen LogP contribution in [-0.4, -0.2) is 24.2 Å². The largest absolute Gasteiger partial charge is 0.401 e. The van der Waals surface area contributed by atoms with Crippen LogP contribution >= 0.6 is 0 Å². The van der Waals surface area contributed by atoms with Crippen molar-refractivity contribution < 1.29 is 13.2 Å². The van der Waals surface area contributed by atoms with Gasteiger partial charge in [-0.05, 0) is 11.6 Å². The molecule has 86 valence electrons. The first-order chi connectivity index (χ1) is 6.81. The Bertz CT molecular complexity index is 288. The van der Waals surface area contributed by atoms with E-state index in [2.05, 4.69) is 10.3 Å². The van der Waals surface area contributed by atoms with Crippen molar-refractivity contribution in [2.24, 2.45) is 0 Å². The van der Waals surface area contributed by atoms with E-state index in [0.29, 0.717) is 6.54 Å². The molecule has 0 atom stereocenters. The first-order valence-electron chi connectivity index (χ1n) is 4.72. The Labute approximate surface area is 86.9 Å². The van der Waals surface area contributed by atoms with Crippen LogP contribution in [-0.2, 0) is 5.41 Å². The lowest BCUT2D eigenvalue weighted by atomic mass is 9.86. The highest BCUT2D eigenvalue weighted by molar-refractivity contribution is 5.20. The number of hydrogen-bond acceptors (Lipinski definition) is 1. The zero-order chi connectivity index (χ0) is 11.5. The molecule has 0 radical (unpaired) electrons. The number of alkyl halides is 3. The van der Waals surface area contributed by atoms with Gasteiger partial charge in [0.15, 0.2) is 0 Å². The van der Waals surface area contributed by atoms with Gasteiger partial charge in [-0.1, -0.05) is 13.8 Å². The molecule has 0 spiro atoms. The molecular formula is C10H15F3N2. The number of aromatic nitrogens is 1. The molecule has 0 bridgehead atoms. The van der Waals surface area contributed by atoms with Crippen molar-refractivity contribution in [2.75, 3.05) is 13.1 Å². The molecule has 0 saturated carbocycles. The number of halogens is 3. The van der Waals surface area contributed by atoms with E-state index in [0.717, 1.165) is 5.56 Å². The van der Waals surface area contributed by atoms with E-state index in [4.69, 9.17) is 0 Å². The van der Waals surface area contributed by atoms with Crippen molar-refractivity contribution in [3.63, 3.8) is 0 Å². The van der Waals surface area contributed by atoms with Crippen LogP contribution in [0.15, 0.2) is 18.5 Å². The molecule has 0 fully saturated rings. The average Bonchev–Trinajstić information content (AvgIpc) is 2.52. The maximum Gasteiger partial charge on any atom is 0.401 e. The first-order valence-corrected chi connectivity index (χ1v) is 4.72. The molecule has 0 aliphatic carbocycles. The van der Waals surface area contributed by atoms with E-state index in [-0.39, 0.29) is 5.41 Å². The van der Waals surface area contributed by atoms with Crippen LogP contribution < -0.4 is 5.32 Å². The number of nitrogens with one attached hydrogen (secondary N) is 2. The molecule has 0 aliphatic heterocycles. The van der Waals surface area contributed by atoms with Crippen LogP contribution in [0.2, 0.25) is 0 Å². The van der Waals surface area contributed by atoms with Crippen molar-refractivity contribution in [1.29, 1.82) is 0 Å². The van der Waals surface area contributed by atoms with E-state index in [1.165, 1.54) is 0 Å². The molecule has 1 aromatic rings. The Morgan fingerprint density at radius 3 is 2.40 bits per heavy atom. The third-order valence-corrected chi connectivity index (χ3v) is 2.27. The Balaban J connectivity index is 2.44. The molecular weight excluding hydrogens is 205 g/mol. The van der Waals surface area contributed by atoms with Gasteiger partial charge in [-0.15, -0.1) is 0 Å². The van der Waals surface area contributed by atoms with Gasteiger partial charge in [0.1, 0.15) is 0 Å². The van der Waals surface area contributed by atoms with Crippen molar-refractivity contribution in [1.82, 2.24) is 10.3 Å². The summed E-state index contributed by atoms with van der Waals surface area (Å²) in [5, 5.41) is 2.42. The van der Waals surface area contributed by atoms with Gasteiger partial charge in [0.05, 0.1) is 6.54 Å². The highest BCUT2D eigenvalue weighted by Gasteiger charge is 2.28. The maximum absolute atomic E-state index is 11.9. The standard InChI is InChI=1S/C10H15F3N2/c1-9(2,8-3-4-14-5-8)6-15-7-10(11,12)13/h3-5,14-15H,6-7H2,1-2H3. The molecule has 2 nitrogen and oxygen atoms in total. The molecule has 2 N–H and O–H groups in total. The Kier molecular flexibility index (Phi) is 3.44. The minimum Gasteiger partial charge on any atom is -0.367 e. The monoisotopic (exact) mass is 220 g/mol. The fourth-order valence-electron chi connectivity index (χ4n) is 1.36. The van der Waals surface area contributed by atoms with Crippen molar-refractivity contribution >= 4 is 0 Å². The van der Waals surface area contributed by atoms with Crippen LogP contribution in [0, 0.1) is 0 Å². The molecule has 5 heteroatoms. The molecule has 1 aromatic heterocycles. The van der Waals surface area contributed by atoms with Gasteiger partial charge < -0.3 is 10.3 Å². The number of hydrogen-bond donors (Lipinski definition) is 2. The summed E-state index contributed by atoms with van der Waals surface area (Å²) in [7, 11) is 0. The van der Waals surface area contributed by atoms with E-state index in [9.17, 15) is 13.2 Å². The summed E-state index contributed by atoms with van der Waals surface area (Å²) in [5.74, 6) is 0. The topological polar surface area (TPSA) is 27.8 Å². The van der Waals surface area contributed by atoms with Gasteiger partial charge in [0, 0.05) is 24.4 Å². The summed E-state index contributed by atoms with van der Waals surface area (Å²) < 4.78 is 35.7. The van der Waals surface area contributed by atoms with Crippen molar-refractivity contribution in [3.8, 4) is 0 Å². The molecule has 15 heavy (non-hydrogen) atoms. The Morgan fingerprint density at radius 1 is 1.27 bits per heavy atom. The third-order valence-electron chi connectivity index (χ3n) is 2.27. The van der Waals surface area contributed by atoms with Crippen LogP contribution in [0.3, 0.4) is 0 Å². The van der Waals surface area contributed by atoms with Crippen LogP contribution in [0.5, 0.6) is 0 Å². The summed E-state index contributed by atoms with van der Waals surface area (Å²) in [6.07, 6.45) is -0.579. The smallest absolute Gasteiger partial charge is 0.367 e. The van der Waals surface area contributed by atoms with Crippen LogP contribution in [0.25, 0.3) is 0 Å². The third kappa shape index (κ3) is 3.95. The molecule has 0 unspecified atom stereocenters. The van der Waals surface area contributed by atoms with E-state index in [1.807, 2.05) is 19.9 Å². The highest BCUT2D eigenvalue weighted by Crippen LogP contribution is 2.22. The predicted octanol–water partition coefficient (Wildman–Crippen LogP) is 2.44. The molecule has 0 aromatic carbocycles. The van der Waals surface area contributed by atoms with E-state index in [1.54, 1.807) is 12.4 Å². The summed E-state index contributed by atoms with van der Waals surface area (Å²) in [6, 6.07) is 1.87. The molecule has 0 amide bonds. The second-order valence-electron chi connectivity index (χ2n) is 4.20. The minimum atomic E-state index is -4.14. The van der Waals surface area contributed by atoms with Gasteiger partial charge >= 0.3 is 6.18 Å². The van der Waals surface area contributed by atoms with Crippen LogP contribution in [0.1, 0.15) is 19.4 Å². The summed E-state index contributed by atoms with van der Waals surface area (Å²) in [6.45, 7) is 3.16. The van der Waals surface area contributed by atoms with Gasteiger partial charge in [-0.25, -0.2) is 0 Å². The normalized spacial score (nSPS) is 13.1. The number of aromatic amines is 1. The van der Waals surface area contributed by atoms with Gasteiger partial charge in [-0.2, -0.15) is 13.2 Å². The maximum atomic E-state index is 11.9.